The molecule has 0 fully saturated rings. The molecule has 2 aromatic rings. The van der Waals surface area contributed by atoms with Crippen LogP contribution in [0.2, 0.25) is 5.02 Å². The molecule has 1 amide bonds. The van der Waals surface area contributed by atoms with Gasteiger partial charge in [-0.15, -0.1) is 0 Å². The van der Waals surface area contributed by atoms with Crippen molar-refractivity contribution in [3.8, 4) is 0 Å². The number of halogens is 1. The van der Waals surface area contributed by atoms with E-state index in [1.165, 1.54) is 26.2 Å². The van der Waals surface area contributed by atoms with Crippen LogP contribution in [0.3, 0.4) is 0 Å². The van der Waals surface area contributed by atoms with Gasteiger partial charge in [-0.2, -0.15) is 0 Å². The van der Waals surface area contributed by atoms with E-state index in [0.717, 1.165) is 9.87 Å². The molecule has 0 aliphatic heterocycles. The van der Waals surface area contributed by atoms with Crippen LogP contribution < -0.4 is 0 Å². The number of hydrogen-bond acceptors (Lipinski definition) is 3. The van der Waals surface area contributed by atoms with Gasteiger partial charge in [-0.05, 0) is 37.6 Å². The van der Waals surface area contributed by atoms with E-state index in [1.54, 1.807) is 11.0 Å². The maximum atomic E-state index is 13.0. The lowest BCUT2D eigenvalue weighted by atomic mass is 10.1. The van der Waals surface area contributed by atoms with Crippen molar-refractivity contribution in [1.82, 2.24) is 9.21 Å². The van der Waals surface area contributed by atoms with Crippen LogP contribution in [0.25, 0.3) is 0 Å². The first-order valence-corrected chi connectivity index (χ1v) is 10.0. The van der Waals surface area contributed by atoms with Crippen molar-refractivity contribution in [2.24, 2.45) is 0 Å². The number of hydrogen-bond donors (Lipinski definition) is 0. The van der Waals surface area contributed by atoms with Crippen LogP contribution in [0, 0.1) is 0 Å². The largest absolute Gasteiger partial charge is 0.332 e. The second-order valence-electron chi connectivity index (χ2n) is 6.45. The number of amides is 1. The van der Waals surface area contributed by atoms with Crippen molar-refractivity contribution in [1.29, 1.82) is 0 Å². The molecule has 0 N–H and O–H groups in total. The Bertz CT molecular complexity index is 881. The van der Waals surface area contributed by atoms with Crippen LogP contribution in [-0.4, -0.2) is 43.7 Å². The van der Waals surface area contributed by atoms with E-state index in [9.17, 15) is 13.2 Å². The fourth-order valence-electron chi connectivity index (χ4n) is 2.47. The molecule has 2 aromatic carbocycles. The SMILES string of the molecule is CC(C)N(Cc1ccccc1)C(=O)c1ccc(Cl)c(S(=O)(=O)N(C)C)c1. The molecule has 26 heavy (non-hydrogen) atoms. The summed E-state index contributed by atoms with van der Waals surface area (Å²) in [7, 11) is -0.885. The van der Waals surface area contributed by atoms with Crippen LogP contribution >= 0.6 is 11.6 Å². The monoisotopic (exact) mass is 394 g/mol. The van der Waals surface area contributed by atoms with Crippen molar-refractivity contribution in [2.75, 3.05) is 14.1 Å². The van der Waals surface area contributed by atoms with Crippen molar-refractivity contribution in [3.05, 3.63) is 64.7 Å². The van der Waals surface area contributed by atoms with E-state index < -0.39 is 10.0 Å². The first-order valence-electron chi connectivity index (χ1n) is 8.21. The van der Waals surface area contributed by atoms with Gasteiger partial charge >= 0.3 is 0 Å². The zero-order valence-corrected chi connectivity index (χ0v) is 16.9. The van der Waals surface area contributed by atoms with Gasteiger partial charge in [0.25, 0.3) is 5.91 Å². The van der Waals surface area contributed by atoms with Crippen molar-refractivity contribution in [2.45, 2.75) is 31.3 Å². The van der Waals surface area contributed by atoms with Gasteiger partial charge in [0.1, 0.15) is 4.90 Å². The molecule has 0 unspecified atom stereocenters. The predicted molar refractivity (Wildman–Crippen MR) is 104 cm³/mol. The minimum atomic E-state index is -3.74. The highest BCUT2D eigenvalue weighted by Crippen LogP contribution is 2.26. The maximum Gasteiger partial charge on any atom is 0.254 e. The molecule has 0 bridgehead atoms. The summed E-state index contributed by atoms with van der Waals surface area (Å²) in [5, 5.41) is 0.0920. The molecule has 5 nitrogen and oxygen atoms in total. The van der Waals surface area contributed by atoms with Crippen LogP contribution in [0.1, 0.15) is 29.8 Å². The quantitative estimate of drug-likeness (QED) is 0.751. The zero-order chi connectivity index (χ0) is 19.5. The van der Waals surface area contributed by atoms with Gasteiger partial charge in [-0.1, -0.05) is 41.9 Å². The second kappa shape index (κ2) is 8.20. The van der Waals surface area contributed by atoms with Gasteiger partial charge < -0.3 is 4.90 Å². The Kier molecular flexibility index (Phi) is 6.44. The van der Waals surface area contributed by atoms with Crippen LogP contribution in [0.4, 0.5) is 0 Å². The molecule has 0 aromatic heterocycles. The number of nitrogens with zero attached hydrogens (tertiary/aromatic N) is 2. The summed E-state index contributed by atoms with van der Waals surface area (Å²) in [6.07, 6.45) is 0. The minimum Gasteiger partial charge on any atom is -0.332 e. The first kappa shape index (κ1) is 20.4. The van der Waals surface area contributed by atoms with E-state index in [4.69, 9.17) is 11.6 Å². The molecule has 0 aliphatic carbocycles. The summed E-state index contributed by atoms with van der Waals surface area (Å²) >= 11 is 6.07. The predicted octanol–water partition coefficient (Wildman–Crippen LogP) is 3.64. The average molecular weight is 395 g/mol. The third kappa shape index (κ3) is 4.44. The van der Waals surface area contributed by atoms with Gasteiger partial charge in [-0.25, -0.2) is 12.7 Å². The highest BCUT2D eigenvalue weighted by atomic mass is 35.5. The summed E-state index contributed by atoms with van der Waals surface area (Å²) in [5.74, 6) is -0.240. The minimum absolute atomic E-state index is 0.0488. The molecule has 0 saturated carbocycles. The Labute approximate surface area is 160 Å². The van der Waals surface area contributed by atoms with Gasteiger partial charge in [0.2, 0.25) is 10.0 Å². The Balaban J connectivity index is 2.41. The van der Waals surface area contributed by atoms with Gasteiger partial charge in [0.15, 0.2) is 0 Å². The lowest BCUT2D eigenvalue weighted by molar-refractivity contribution is 0.0690. The number of sulfonamides is 1. The van der Waals surface area contributed by atoms with E-state index in [0.29, 0.717) is 12.1 Å². The highest BCUT2D eigenvalue weighted by Gasteiger charge is 2.25. The van der Waals surface area contributed by atoms with Crippen LogP contribution in [-0.2, 0) is 16.6 Å². The molecule has 2 rings (SSSR count). The summed E-state index contributed by atoms with van der Waals surface area (Å²) in [4.78, 5) is 14.7. The summed E-state index contributed by atoms with van der Waals surface area (Å²) in [6, 6.07) is 14.0. The standard InChI is InChI=1S/C19H23ClN2O3S/c1-14(2)22(13-15-8-6-5-7-9-15)19(23)16-10-11-17(20)18(12-16)26(24,25)21(3)4/h5-12,14H,13H2,1-4H3. The molecule has 0 heterocycles. The Morgan fingerprint density at radius 2 is 1.69 bits per heavy atom. The lowest BCUT2D eigenvalue weighted by Crippen LogP contribution is -2.36. The third-order valence-corrected chi connectivity index (χ3v) is 6.31. The molecular weight excluding hydrogens is 372 g/mol. The van der Waals surface area contributed by atoms with Crippen molar-refractivity contribution >= 4 is 27.5 Å². The molecule has 0 saturated heterocycles. The normalized spacial score (nSPS) is 11.8. The van der Waals surface area contributed by atoms with Gasteiger partial charge in [0.05, 0.1) is 5.02 Å². The van der Waals surface area contributed by atoms with E-state index in [1.807, 2.05) is 44.2 Å². The van der Waals surface area contributed by atoms with Crippen LogP contribution in [0.5, 0.6) is 0 Å². The average Bonchev–Trinajstić information content (AvgIpc) is 2.59. The summed E-state index contributed by atoms with van der Waals surface area (Å²) in [5.41, 5.74) is 1.30. The van der Waals surface area contributed by atoms with Crippen molar-refractivity contribution < 1.29 is 13.2 Å². The van der Waals surface area contributed by atoms with Crippen LogP contribution in [0.15, 0.2) is 53.4 Å². The fraction of sp³-hybridized carbons (Fsp3) is 0.316. The number of rotatable bonds is 6. The maximum absolute atomic E-state index is 13.0. The third-order valence-electron chi connectivity index (χ3n) is 4.02. The zero-order valence-electron chi connectivity index (χ0n) is 15.3. The topological polar surface area (TPSA) is 57.7 Å². The lowest BCUT2D eigenvalue weighted by Gasteiger charge is -2.27. The highest BCUT2D eigenvalue weighted by molar-refractivity contribution is 7.89. The Hall–Kier alpha value is -1.89. The molecule has 7 heteroatoms. The number of benzene rings is 2. The fourth-order valence-corrected chi connectivity index (χ4v) is 3.86. The molecular formula is C19H23ClN2O3S. The van der Waals surface area contributed by atoms with E-state index in [-0.39, 0.29) is 21.9 Å². The van der Waals surface area contributed by atoms with Gasteiger partial charge in [-0.3, -0.25) is 4.79 Å². The van der Waals surface area contributed by atoms with E-state index in [2.05, 4.69) is 0 Å². The Morgan fingerprint density at radius 3 is 2.23 bits per heavy atom. The molecule has 0 radical (unpaired) electrons. The van der Waals surface area contributed by atoms with E-state index >= 15 is 0 Å². The second-order valence-corrected chi connectivity index (χ2v) is 8.97. The molecule has 0 spiro atoms. The smallest absolute Gasteiger partial charge is 0.254 e. The van der Waals surface area contributed by atoms with Crippen molar-refractivity contribution in [3.63, 3.8) is 0 Å². The number of carbonyl (C=O) groups is 1. The number of carbonyl (C=O) groups excluding carboxylic acids is 1. The summed E-state index contributed by atoms with van der Waals surface area (Å²) < 4.78 is 26.0. The molecule has 0 aliphatic rings. The molecule has 0 atom stereocenters. The molecule has 140 valence electrons. The Morgan fingerprint density at radius 1 is 1.08 bits per heavy atom. The van der Waals surface area contributed by atoms with Gasteiger partial charge in [0, 0.05) is 32.2 Å². The first-order chi connectivity index (χ1) is 12.1. The summed E-state index contributed by atoms with van der Waals surface area (Å²) in [6.45, 7) is 4.29.